The molecule has 0 saturated carbocycles. The van der Waals surface area contributed by atoms with Gasteiger partial charge in [-0.15, -0.1) is 0 Å². The number of oxazole rings is 1. The Kier molecular flexibility index (Phi) is 3.60. The first-order valence-corrected chi connectivity index (χ1v) is 6.21. The van der Waals surface area contributed by atoms with Crippen molar-refractivity contribution in [2.75, 3.05) is 7.11 Å². The van der Waals surface area contributed by atoms with E-state index >= 15 is 0 Å². The zero-order chi connectivity index (χ0) is 14.2. The Hall–Kier alpha value is -1.84. The highest BCUT2D eigenvalue weighted by Crippen LogP contribution is 2.26. The number of aromatic nitrogens is 1. The monoisotopic (exact) mass is 376 g/mol. The van der Waals surface area contributed by atoms with Crippen LogP contribution in [0, 0.1) is 13.7 Å². The lowest BCUT2D eigenvalue weighted by Gasteiger charge is -2.04. The van der Waals surface area contributed by atoms with Crippen LogP contribution in [0.1, 0.15) is 0 Å². The quantitative estimate of drug-likeness (QED) is 0.354. The number of methoxy groups -OCH3 is 1. The number of nitrogens with zero attached hydrogens (tertiary/aromatic N) is 2. The van der Waals surface area contributed by atoms with Gasteiger partial charge >= 0.3 is 5.76 Å². The van der Waals surface area contributed by atoms with Crippen LogP contribution in [0.2, 0.25) is 0 Å². The molecule has 0 aliphatic carbocycles. The largest absolute Gasteiger partial charge is 0.500 e. The van der Waals surface area contributed by atoms with E-state index in [1.165, 1.54) is 23.8 Å². The van der Waals surface area contributed by atoms with Gasteiger partial charge in [-0.2, -0.15) is 0 Å². The first kappa shape index (κ1) is 13.6. The topological polar surface area (TPSA) is 87.5 Å². The predicted molar refractivity (Wildman–Crippen MR) is 76.0 cm³/mol. The van der Waals surface area contributed by atoms with Gasteiger partial charge in [-0.25, -0.2) is 4.79 Å². The summed E-state index contributed by atoms with van der Waals surface area (Å²) in [4.78, 5) is 22.1. The van der Waals surface area contributed by atoms with Gasteiger partial charge in [-0.05, 0) is 22.6 Å². The molecule has 1 aromatic carbocycles. The van der Waals surface area contributed by atoms with Gasteiger partial charge in [0.05, 0.1) is 27.7 Å². The molecule has 2 rings (SSSR count). The van der Waals surface area contributed by atoms with Gasteiger partial charge in [-0.1, -0.05) is 6.58 Å². The minimum atomic E-state index is -0.605. The average molecular weight is 376 g/mol. The summed E-state index contributed by atoms with van der Waals surface area (Å²) in [6.45, 7) is 3.70. The van der Waals surface area contributed by atoms with Crippen molar-refractivity contribution in [2.24, 2.45) is 0 Å². The highest BCUT2D eigenvalue weighted by atomic mass is 127. The van der Waals surface area contributed by atoms with E-state index in [1.807, 2.05) is 22.6 Å². The van der Waals surface area contributed by atoms with Crippen molar-refractivity contribution in [2.45, 2.75) is 6.54 Å². The molecule has 8 heteroatoms. The van der Waals surface area contributed by atoms with Crippen molar-refractivity contribution in [3.05, 3.63) is 48.7 Å². The second-order valence-electron chi connectivity index (χ2n) is 3.73. The maximum Gasteiger partial charge on any atom is 0.420 e. The predicted octanol–water partition coefficient (Wildman–Crippen LogP) is 2.27. The second-order valence-corrected chi connectivity index (χ2v) is 4.89. The van der Waals surface area contributed by atoms with Crippen LogP contribution in [0.4, 0.5) is 5.69 Å². The Balaban J connectivity index is 2.70. The number of nitro groups is 1. The lowest BCUT2D eigenvalue weighted by molar-refractivity contribution is -0.384. The molecular weight excluding hydrogens is 367 g/mol. The number of nitro benzene ring substituents is 1. The van der Waals surface area contributed by atoms with E-state index in [9.17, 15) is 14.9 Å². The number of allylic oxidation sites excluding steroid dienone is 1. The molecule has 0 amide bonds. The van der Waals surface area contributed by atoms with E-state index in [0.29, 0.717) is 20.4 Å². The number of non-ortho nitro benzene ring substituents is 1. The van der Waals surface area contributed by atoms with Crippen molar-refractivity contribution in [1.29, 1.82) is 0 Å². The van der Waals surface area contributed by atoms with Gasteiger partial charge in [-0.3, -0.25) is 14.7 Å². The maximum atomic E-state index is 11.7. The van der Waals surface area contributed by atoms with E-state index in [4.69, 9.17) is 9.15 Å². The molecule has 0 radical (unpaired) electrons. The summed E-state index contributed by atoms with van der Waals surface area (Å²) in [5.74, 6) is -0.252. The van der Waals surface area contributed by atoms with Crippen LogP contribution < -0.4 is 5.76 Å². The number of hydrogen-bond acceptors (Lipinski definition) is 5. The summed E-state index contributed by atoms with van der Waals surface area (Å²) in [6, 6.07) is 2.65. The average Bonchev–Trinajstić information content (AvgIpc) is 2.67. The summed E-state index contributed by atoms with van der Waals surface area (Å²) in [6.07, 6.45) is 0. The van der Waals surface area contributed by atoms with Crippen LogP contribution in [-0.2, 0) is 11.3 Å². The van der Waals surface area contributed by atoms with Gasteiger partial charge in [0.2, 0.25) is 0 Å². The molecule has 100 valence electrons. The Morgan fingerprint density at radius 1 is 1.63 bits per heavy atom. The number of hydrogen-bond donors (Lipinski definition) is 0. The van der Waals surface area contributed by atoms with Crippen LogP contribution in [0.3, 0.4) is 0 Å². The van der Waals surface area contributed by atoms with E-state index in [-0.39, 0.29) is 12.2 Å². The standard InChI is InChI=1S/C11H9IN2O5/c1-6(18-2)5-13-9-4-7(14(16)17)3-8(12)10(9)19-11(13)15/h3-4H,1,5H2,2H3. The Labute approximate surface area is 120 Å². The van der Waals surface area contributed by atoms with Crippen molar-refractivity contribution < 1.29 is 14.1 Å². The fourth-order valence-electron chi connectivity index (χ4n) is 1.60. The number of benzene rings is 1. The molecule has 7 nitrogen and oxygen atoms in total. The molecule has 0 saturated heterocycles. The van der Waals surface area contributed by atoms with Crippen molar-refractivity contribution in [3.63, 3.8) is 0 Å². The van der Waals surface area contributed by atoms with Gasteiger partial charge in [0, 0.05) is 12.1 Å². The van der Waals surface area contributed by atoms with Gasteiger partial charge in [0.15, 0.2) is 5.58 Å². The molecule has 0 aliphatic rings. The van der Waals surface area contributed by atoms with Crippen LogP contribution in [0.5, 0.6) is 0 Å². The van der Waals surface area contributed by atoms with Gasteiger partial charge < -0.3 is 9.15 Å². The normalized spacial score (nSPS) is 10.6. The number of rotatable bonds is 4. The molecule has 0 spiro atoms. The molecule has 0 fully saturated rings. The highest BCUT2D eigenvalue weighted by molar-refractivity contribution is 14.1. The lowest BCUT2D eigenvalue weighted by atomic mass is 10.3. The van der Waals surface area contributed by atoms with E-state index in [0.717, 1.165) is 0 Å². The van der Waals surface area contributed by atoms with E-state index in [1.54, 1.807) is 0 Å². The molecule has 2 aromatic rings. The maximum absolute atomic E-state index is 11.7. The Morgan fingerprint density at radius 3 is 2.89 bits per heavy atom. The molecule has 1 aromatic heterocycles. The lowest BCUT2D eigenvalue weighted by Crippen LogP contribution is -2.15. The fraction of sp³-hybridized carbons (Fsp3) is 0.182. The first-order valence-electron chi connectivity index (χ1n) is 5.13. The zero-order valence-corrected chi connectivity index (χ0v) is 12.0. The summed E-state index contributed by atoms with van der Waals surface area (Å²) in [5.41, 5.74) is 0.566. The third kappa shape index (κ3) is 2.48. The minimum Gasteiger partial charge on any atom is -0.500 e. The summed E-state index contributed by atoms with van der Waals surface area (Å²) >= 11 is 1.89. The SMILES string of the molecule is C=C(Cn1c(=O)oc2c(I)cc([N+](=O)[O-])cc21)OC. The van der Waals surface area contributed by atoms with Gasteiger partial charge in [0.25, 0.3) is 5.69 Å². The number of fused-ring (bicyclic) bond motifs is 1. The van der Waals surface area contributed by atoms with Crippen LogP contribution in [0.15, 0.2) is 33.7 Å². The minimum absolute atomic E-state index is 0.0829. The number of ether oxygens (including phenoxy) is 1. The highest BCUT2D eigenvalue weighted by Gasteiger charge is 2.18. The summed E-state index contributed by atoms with van der Waals surface area (Å²) in [5, 5.41) is 10.8. The third-order valence-electron chi connectivity index (χ3n) is 2.54. The third-order valence-corrected chi connectivity index (χ3v) is 3.34. The van der Waals surface area contributed by atoms with E-state index < -0.39 is 10.7 Å². The Morgan fingerprint density at radius 2 is 2.32 bits per heavy atom. The molecular formula is C11H9IN2O5. The Bertz CT molecular complexity index is 730. The van der Waals surface area contributed by atoms with Gasteiger partial charge in [0.1, 0.15) is 5.76 Å². The number of halogens is 1. The van der Waals surface area contributed by atoms with Crippen molar-refractivity contribution >= 4 is 39.4 Å². The summed E-state index contributed by atoms with van der Waals surface area (Å²) in [7, 11) is 1.43. The second kappa shape index (κ2) is 5.03. The zero-order valence-electron chi connectivity index (χ0n) is 9.88. The molecule has 0 atom stereocenters. The van der Waals surface area contributed by atoms with Crippen LogP contribution in [-0.4, -0.2) is 16.6 Å². The molecule has 0 unspecified atom stereocenters. The molecule has 19 heavy (non-hydrogen) atoms. The molecule has 0 bridgehead atoms. The van der Waals surface area contributed by atoms with Crippen molar-refractivity contribution in [1.82, 2.24) is 4.57 Å². The van der Waals surface area contributed by atoms with Crippen LogP contribution >= 0.6 is 22.6 Å². The molecule has 1 heterocycles. The molecule has 0 aliphatic heterocycles. The van der Waals surface area contributed by atoms with Crippen molar-refractivity contribution in [3.8, 4) is 0 Å². The van der Waals surface area contributed by atoms with Crippen LogP contribution in [0.25, 0.3) is 11.1 Å². The summed E-state index contributed by atoms with van der Waals surface area (Å²) < 4.78 is 11.7. The molecule has 0 N–H and O–H groups in total. The first-order chi connectivity index (χ1) is 8.93. The smallest absolute Gasteiger partial charge is 0.420 e. The van der Waals surface area contributed by atoms with E-state index in [2.05, 4.69) is 6.58 Å². The fourth-order valence-corrected chi connectivity index (χ4v) is 2.31.